The highest BCUT2D eigenvalue weighted by molar-refractivity contribution is 6.30. The van der Waals surface area contributed by atoms with E-state index in [2.05, 4.69) is 25.7 Å². The first-order valence-electron chi connectivity index (χ1n) is 6.96. The Morgan fingerprint density at radius 2 is 1.87 bits per heavy atom. The standard InChI is InChI=1S/C16H11ClN6/c17-12-6-4-5-11(9-12)15-14(10-18-19-15)16-20-21-22-23(16)13-7-2-1-3-8-13/h1-10H,(H,18,19). The third kappa shape index (κ3) is 2.49. The van der Waals surface area contributed by atoms with Gasteiger partial charge in [0, 0.05) is 10.6 Å². The Hall–Kier alpha value is -2.99. The van der Waals surface area contributed by atoms with Crippen LogP contribution in [0.5, 0.6) is 0 Å². The fraction of sp³-hybridized carbons (Fsp3) is 0. The zero-order chi connectivity index (χ0) is 15.6. The van der Waals surface area contributed by atoms with Gasteiger partial charge in [0.1, 0.15) is 0 Å². The Bertz CT molecular complexity index is 944. The van der Waals surface area contributed by atoms with Crippen LogP contribution in [0.4, 0.5) is 0 Å². The van der Waals surface area contributed by atoms with Crippen LogP contribution in [-0.2, 0) is 0 Å². The van der Waals surface area contributed by atoms with Gasteiger partial charge in [0.05, 0.1) is 23.1 Å². The molecule has 0 spiro atoms. The molecule has 112 valence electrons. The maximum Gasteiger partial charge on any atom is 0.190 e. The largest absolute Gasteiger partial charge is 0.277 e. The Morgan fingerprint density at radius 1 is 1.00 bits per heavy atom. The molecule has 0 amide bonds. The normalized spacial score (nSPS) is 10.8. The van der Waals surface area contributed by atoms with Gasteiger partial charge in [-0.05, 0) is 34.7 Å². The number of nitrogens with one attached hydrogen (secondary N) is 1. The number of H-pyrrole nitrogens is 1. The minimum Gasteiger partial charge on any atom is -0.277 e. The SMILES string of the molecule is Clc1cccc(-c2[nH]ncc2-c2nnnn2-c2ccccc2)c1. The van der Waals surface area contributed by atoms with Crippen molar-refractivity contribution < 1.29 is 0 Å². The second-order valence-corrected chi connectivity index (χ2v) is 5.36. The van der Waals surface area contributed by atoms with Crippen molar-refractivity contribution in [2.75, 3.05) is 0 Å². The first-order chi connectivity index (χ1) is 11.3. The predicted molar refractivity (Wildman–Crippen MR) is 87.2 cm³/mol. The maximum atomic E-state index is 6.09. The van der Waals surface area contributed by atoms with E-state index in [-0.39, 0.29) is 0 Å². The van der Waals surface area contributed by atoms with E-state index < -0.39 is 0 Å². The highest BCUT2D eigenvalue weighted by Crippen LogP contribution is 2.30. The molecule has 6 nitrogen and oxygen atoms in total. The fourth-order valence-electron chi connectivity index (χ4n) is 2.42. The zero-order valence-electron chi connectivity index (χ0n) is 11.9. The number of aromatic amines is 1. The van der Waals surface area contributed by atoms with Crippen LogP contribution >= 0.6 is 11.6 Å². The van der Waals surface area contributed by atoms with Gasteiger partial charge >= 0.3 is 0 Å². The average Bonchev–Trinajstić information content (AvgIpc) is 3.24. The number of rotatable bonds is 3. The summed E-state index contributed by atoms with van der Waals surface area (Å²) in [7, 11) is 0. The van der Waals surface area contributed by atoms with Gasteiger partial charge in [-0.2, -0.15) is 9.78 Å². The smallest absolute Gasteiger partial charge is 0.190 e. The van der Waals surface area contributed by atoms with Crippen molar-refractivity contribution in [1.29, 1.82) is 0 Å². The third-order valence-corrected chi connectivity index (χ3v) is 3.70. The molecule has 2 heterocycles. The zero-order valence-corrected chi connectivity index (χ0v) is 12.6. The number of aromatic nitrogens is 6. The second kappa shape index (κ2) is 5.66. The van der Waals surface area contributed by atoms with Crippen LogP contribution in [0.1, 0.15) is 0 Å². The molecule has 0 fully saturated rings. The summed E-state index contributed by atoms with van der Waals surface area (Å²) in [5, 5.41) is 19.8. The Morgan fingerprint density at radius 3 is 2.70 bits per heavy atom. The van der Waals surface area contributed by atoms with E-state index in [0.29, 0.717) is 10.8 Å². The van der Waals surface area contributed by atoms with Gasteiger partial charge in [-0.1, -0.05) is 41.9 Å². The van der Waals surface area contributed by atoms with E-state index in [4.69, 9.17) is 11.6 Å². The number of benzene rings is 2. The monoisotopic (exact) mass is 322 g/mol. The molecule has 1 N–H and O–H groups in total. The number of hydrogen-bond donors (Lipinski definition) is 1. The molecule has 4 rings (SSSR count). The number of nitrogens with zero attached hydrogens (tertiary/aromatic N) is 5. The molecule has 0 atom stereocenters. The molecular weight excluding hydrogens is 312 g/mol. The minimum atomic E-state index is 0.611. The number of hydrogen-bond acceptors (Lipinski definition) is 4. The quantitative estimate of drug-likeness (QED) is 0.627. The molecule has 0 radical (unpaired) electrons. The van der Waals surface area contributed by atoms with Crippen molar-refractivity contribution in [3.63, 3.8) is 0 Å². The molecule has 2 aromatic carbocycles. The van der Waals surface area contributed by atoms with Crippen molar-refractivity contribution in [2.45, 2.75) is 0 Å². The predicted octanol–water partition coefficient (Wildman–Crippen LogP) is 3.37. The van der Waals surface area contributed by atoms with Crippen LogP contribution in [-0.4, -0.2) is 30.4 Å². The van der Waals surface area contributed by atoms with Crippen molar-refractivity contribution in [3.05, 3.63) is 65.8 Å². The highest BCUT2D eigenvalue weighted by atomic mass is 35.5. The molecule has 0 bridgehead atoms. The molecule has 2 aromatic heterocycles. The molecule has 23 heavy (non-hydrogen) atoms. The Kier molecular flexibility index (Phi) is 3.36. The van der Waals surface area contributed by atoms with Crippen LogP contribution in [0.25, 0.3) is 28.3 Å². The molecule has 0 unspecified atom stereocenters. The summed E-state index contributed by atoms with van der Waals surface area (Å²) in [6, 6.07) is 17.3. The van der Waals surface area contributed by atoms with Gasteiger partial charge in [-0.25, -0.2) is 0 Å². The summed E-state index contributed by atoms with van der Waals surface area (Å²) in [5.74, 6) is 0.611. The second-order valence-electron chi connectivity index (χ2n) is 4.92. The first-order valence-corrected chi connectivity index (χ1v) is 7.34. The topological polar surface area (TPSA) is 72.3 Å². The minimum absolute atomic E-state index is 0.611. The van der Waals surface area contributed by atoms with Crippen LogP contribution in [0.15, 0.2) is 60.8 Å². The molecule has 4 aromatic rings. The summed E-state index contributed by atoms with van der Waals surface area (Å²) in [6.07, 6.45) is 1.71. The summed E-state index contributed by atoms with van der Waals surface area (Å²) < 4.78 is 1.68. The van der Waals surface area contributed by atoms with Crippen LogP contribution in [0, 0.1) is 0 Å². The van der Waals surface area contributed by atoms with E-state index in [9.17, 15) is 0 Å². The van der Waals surface area contributed by atoms with Crippen LogP contribution in [0.2, 0.25) is 5.02 Å². The molecule has 0 aliphatic rings. The summed E-state index contributed by atoms with van der Waals surface area (Å²) in [6.45, 7) is 0. The molecule has 0 saturated carbocycles. The highest BCUT2D eigenvalue weighted by Gasteiger charge is 2.17. The van der Waals surface area contributed by atoms with Gasteiger partial charge in [-0.3, -0.25) is 5.10 Å². The number of tetrazole rings is 1. The first kappa shape index (κ1) is 13.7. The lowest BCUT2D eigenvalue weighted by Crippen LogP contribution is -1.99. The fourth-order valence-corrected chi connectivity index (χ4v) is 2.61. The van der Waals surface area contributed by atoms with Crippen LogP contribution < -0.4 is 0 Å². The van der Waals surface area contributed by atoms with E-state index >= 15 is 0 Å². The van der Waals surface area contributed by atoms with Gasteiger partial charge in [-0.15, -0.1) is 5.10 Å². The summed E-state index contributed by atoms with van der Waals surface area (Å²) >= 11 is 6.09. The average molecular weight is 323 g/mol. The lowest BCUT2D eigenvalue weighted by Gasteiger charge is -2.05. The Labute approximate surface area is 136 Å². The van der Waals surface area contributed by atoms with Crippen LogP contribution in [0.3, 0.4) is 0 Å². The maximum absolute atomic E-state index is 6.09. The van der Waals surface area contributed by atoms with Gasteiger partial charge in [0.15, 0.2) is 5.82 Å². The van der Waals surface area contributed by atoms with Crippen molar-refractivity contribution in [3.8, 4) is 28.3 Å². The molecule has 0 saturated heterocycles. The van der Waals surface area contributed by atoms with E-state index in [1.807, 2.05) is 54.6 Å². The molecule has 0 aliphatic carbocycles. The molecular formula is C16H11ClN6. The lowest BCUT2D eigenvalue weighted by atomic mass is 10.1. The molecule has 7 heteroatoms. The van der Waals surface area contributed by atoms with E-state index in [1.165, 1.54) is 0 Å². The Balaban J connectivity index is 1.86. The van der Waals surface area contributed by atoms with Crippen molar-refractivity contribution in [2.24, 2.45) is 0 Å². The number of halogens is 1. The van der Waals surface area contributed by atoms with Crippen molar-refractivity contribution >= 4 is 11.6 Å². The van der Waals surface area contributed by atoms with Gasteiger partial charge in [0.25, 0.3) is 0 Å². The molecule has 0 aliphatic heterocycles. The van der Waals surface area contributed by atoms with Gasteiger partial charge < -0.3 is 0 Å². The van der Waals surface area contributed by atoms with Crippen molar-refractivity contribution in [1.82, 2.24) is 30.4 Å². The van der Waals surface area contributed by atoms with Gasteiger partial charge in [0.2, 0.25) is 0 Å². The van der Waals surface area contributed by atoms with E-state index in [0.717, 1.165) is 22.5 Å². The number of para-hydroxylation sites is 1. The summed E-state index contributed by atoms with van der Waals surface area (Å²) in [5.41, 5.74) is 3.43. The van der Waals surface area contributed by atoms with E-state index in [1.54, 1.807) is 10.9 Å². The summed E-state index contributed by atoms with van der Waals surface area (Å²) in [4.78, 5) is 0. The third-order valence-electron chi connectivity index (χ3n) is 3.46. The lowest BCUT2D eigenvalue weighted by molar-refractivity contribution is 0.791.